The van der Waals surface area contributed by atoms with E-state index in [-0.39, 0.29) is 16.6 Å². The minimum absolute atomic E-state index is 0.0822. The van der Waals surface area contributed by atoms with Crippen LogP contribution < -0.4 is 16.2 Å². The lowest BCUT2D eigenvalue weighted by atomic mass is 10.1. The number of nitrogen functional groups attached to an aromatic ring is 2. The average Bonchev–Trinajstić information content (AvgIpc) is 3.00. The quantitative estimate of drug-likeness (QED) is 0.736. The molecule has 0 saturated carbocycles. The second kappa shape index (κ2) is 6.19. The summed E-state index contributed by atoms with van der Waals surface area (Å²) in [6.07, 6.45) is 0.663. The highest BCUT2D eigenvalue weighted by Crippen LogP contribution is 2.27. The molecule has 0 aromatic heterocycles. The number of rotatable bonds is 4. The summed E-state index contributed by atoms with van der Waals surface area (Å²) < 4.78 is 33.0. The number of anilines is 2. The molecule has 122 valence electrons. The molecule has 6 nitrogen and oxygen atoms in total. The van der Waals surface area contributed by atoms with Crippen LogP contribution in [0.3, 0.4) is 0 Å². The normalized spacial score (nSPS) is 18.2. The number of nitrogens with one attached hydrogen (secondary N) is 1. The van der Waals surface area contributed by atoms with Gasteiger partial charge in [-0.2, -0.15) is 0 Å². The highest BCUT2D eigenvalue weighted by Gasteiger charge is 2.25. The number of ether oxygens (including phenoxy) is 1. The molecule has 3 rings (SSSR count). The van der Waals surface area contributed by atoms with Gasteiger partial charge in [-0.25, -0.2) is 13.1 Å². The summed E-state index contributed by atoms with van der Waals surface area (Å²) in [6.45, 7) is 0.949. The Morgan fingerprint density at radius 2 is 1.74 bits per heavy atom. The SMILES string of the molecule is Nc1ccc(-c2ccc(N)c(S(=O)(=O)N[C@H]3CCOC3)c2)cc1. The van der Waals surface area contributed by atoms with Crippen LogP contribution in [0.15, 0.2) is 47.4 Å². The number of hydrogen-bond acceptors (Lipinski definition) is 5. The van der Waals surface area contributed by atoms with Crippen molar-refractivity contribution in [3.8, 4) is 11.1 Å². The average molecular weight is 333 g/mol. The van der Waals surface area contributed by atoms with Gasteiger partial charge in [0, 0.05) is 18.3 Å². The Bertz CT molecular complexity index is 798. The minimum Gasteiger partial charge on any atom is -0.399 e. The molecule has 23 heavy (non-hydrogen) atoms. The van der Waals surface area contributed by atoms with E-state index in [0.29, 0.717) is 25.3 Å². The van der Waals surface area contributed by atoms with Gasteiger partial charge < -0.3 is 16.2 Å². The highest BCUT2D eigenvalue weighted by molar-refractivity contribution is 7.89. The first-order valence-corrected chi connectivity index (χ1v) is 8.79. The number of hydrogen-bond donors (Lipinski definition) is 3. The minimum atomic E-state index is -3.69. The Morgan fingerprint density at radius 3 is 2.39 bits per heavy atom. The van der Waals surface area contributed by atoms with Crippen LogP contribution in [0.5, 0.6) is 0 Å². The third-order valence-corrected chi connectivity index (χ3v) is 5.37. The highest BCUT2D eigenvalue weighted by atomic mass is 32.2. The molecular formula is C16H19N3O3S. The van der Waals surface area contributed by atoms with Crippen LogP contribution in [0, 0.1) is 0 Å². The molecule has 1 saturated heterocycles. The Balaban J connectivity index is 1.95. The van der Waals surface area contributed by atoms with Crippen molar-refractivity contribution < 1.29 is 13.2 Å². The molecule has 1 atom stereocenters. The van der Waals surface area contributed by atoms with Crippen LogP contribution in [-0.4, -0.2) is 27.7 Å². The maximum Gasteiger partial charge on any atom is 0.242 e. The van der Waals surface area contributed by atoms with Crippen LogP contribution >= 0.6 is 0 Å². The second-order valence-electron chi connectivity index (χ2n) is 5.56. The smallest absolute Gasteiger partial charge is 0.242 e. The van der Waals surface area contributed by atoms with E-state index >= 15 is 0 Å². The van der Waals surface area contributed by atoms with E-state index in [0.717, 1.165) is 11.1 Å². The third-order valence-electron chi connectivity index (χ3n) is 3.80. The lowest BCUT2D eigenvalue weighted by molar-refractivity contribution is 0.192. The zero-order chi connectivity index (χ0) is 16.4. The number of sulfonamides is 1. The number of benzene rings is 2. The predicted molar refractivity (Wildman–Crippen MR) is 90.2 cm³/mol. The Hall–Kier alpha value is -2.09. The lowest BCUT2D eigenvalue weighted by Crippen LogP contribution is -2.35. The standard InChI is InChI=1S/C16H19N3O3S/c17-13-4-1-11(2-5-13)12-3-6-15(18)16(9-12)23(20,21)19-14-7-8-22-10-14/h1-6,9,14,19H,7-8,10,17-18H2/t14-/m0/s1. The molecule has 0 aliphatic carbocycles. The van der Waals surface area contributed by atoms with Crippen molar-refractivity contribution in [1.29, 1.82) is 0 Å². The fourth-order valence-corrected chi connectivity index (χ4v) is 3.94. The van der Waals surface area contributed by atoms with Crippen molar-refractivity contribution in [2.75, 3.05) is 24.7 Å². The first-order chi connectivity index (χ1) is 11.0. The summed E-state index contributed by atoms with van der Waals surface area (Å²) in [5, 5.41) is 0. The Kier molecular flexibility index (Phi) is 4.25. The van der Waals surface area contributed by atoms with Crippen molar-refractivity contribution in [2.24, 2.45) is 0 Å². The summed E-state index contributed by atoms with van der Waals surface area (Å²) in [4.78, 5) is 0.0822. The molecule has 0 unspecified atom stereocenters. The van der Waals surface area contributed by atoms with Crippen molar-refractivity contribution in [3.05, 3.63) is 42.5 Å². The van der Waals surface area contributed by atoms with Crippen LogP contribution in [0.2, 0.25) is 0 Å². The van der Waals surface area contributed by atoms with Crippen LogP contribution in [-0.2, 0) is 14.8 Å². The summed E-state index contributed by atoms with van der Waals surface area (Å²) in [5.41, 5.74) is 14.1. The van der Waals surface area contributed by atoms with E-state index in [9.17, 15) is 8.42 Å². The fraction of sp³-hybridized carbons (Fsp3) is 0.250. The molecule has 1 aliphatic heterocycles. The Morgan fingerprint density at radius 1 is 1.04 bits per heavy atom. The molecule has 1 aliphatic rings. The Labute approximate surface area is 135 Å². The zero-order valence-electron chi connectivity index (χ0n) is 12.5. The van der Waals surface area contributed by atoms with Crippen molar-refractivity contribution in [3.63, 3.8) is 0 Å². The van der Waals surface area contributed by atoms with Gasteiger partial charge in [0.1, 0.15) is 4.90 Å². The van der Waals surface area contributed by atoms with E-state index in [1.54, 1.807) is 30.3 Å². The third kappa shape index (κ3) is 3.47. The van der Waals surface area contributed by atoms with Gasteiger partial charge in [0.15, 0.2) is 0 Å². The van der Waals surface area contributed by atoms with Crippen molar-refractivity contribution in [1.82, 2.24) is 4.72 Å². The van der Waals surface area contributed by atoms with Crippen LogP contribution in [0.1, 0.15) is 6.42 Å². The lowest BCUT2D eigenvalue weighted by Gasteiger charge is -2.14. The summed E-state index contributed by atoms with van der Waals surface area (Å²) >= 11 is 0. The summed E-state index contributed by atoms with van der Waals surface area (Å²) in [5.74, 6) is 0. The molecular weight excluding hydrogens is 314 g/mol. The predicted octanol–water partition coefficient (Wildman–Crippen LogP) is 1.59. The molecule has 2 aromatic carbocycles. The zero-order valence-corrected chi connectivity index (χ0v) is 13.3. The van der Waals surface area contributed by atoms with Gasteiger partial charge >= 0.3 is 0 Å². The molecule has 0 bridgehead atoms. The van der Waals surface area contributed by atoms with Gasteiger partial charge in [-0.1, -0.05) is 18.2 Å². The van der Waals surface area contributed by atoms with Gasteiger partial charge in [0.2, 0.25) is 10.0 Å². The molecule has 5 N–H and O–H groups in total. The number of nitrogens with two attached hydrogens (primary N) is 2. The summed E-state index contributed by atoms with van der Waals surface area (Å²) in [6, 6.07) is 12.0. The van der Waals surface area contributed by atoms with E-state index in [1.807, 2.05) is 12.1 Å². The van der Waals surface area contributed by atoms with Gasteiger partial charge in [-0.05, 0) is 41.8 Å². The van der Waals surface area contributed by atoms with Gasteiger partial charge in [-0.3, -0.25) is 0 Å². The molecule has 2 aromatic rings. The molecule has 7 heteroatoms. The fourth-order valence-electron chi connectivity index (χ4n) is 2.53. The maximum absolute atomic E-state index is 12.6. The van der Waals surface area contributed by atoms with Crippen LogP contribution in [0.25, 0.3) is 11.1 Å². The monoisotopic (exact) mass is 333 g/mol. The molecule has 0 amide bonds. The van der Waals surface area contributed by atoms with Gasteiger partial charge in [0.25, 0.3) is 0 Å². The van der Waals surface area contributed by atoms with Crippen LogP contribution in [0.4, 0.5) is 11.4 Å². The van der Waals surface area contributed by atoms with E-state index < -0.39 is 10.0 Å². The molecule has 0 radical (unpaired) electrons. The van der Waals surface area contributed by atoms with Crippen molar-refractivity contribution >= 4 is 21.4 Å². The van der Waals surface area contributed by atoms with E-state index in [2.05, 4.69) is 4.72 Å². The van der Waals surface area contributed by atoms with Gasteiger partial charge in [0.05, 0.1) is 12.3 Å². The van der Waals surface area contributed by atoms with E-state index in [1.165, 1.54) is 0 Å². The maximum atomic E-state index is 12.6. The van der Waals surface area contributed by atoms with E-state index in [4.69, 9.17) is 16.2 Å². The first kappa shape index (κ1) is 15.8. The summed E-state index contributed by atoms with van der Waals surface area (Å²) in [7, 11) is -3.69. The first-order valence-electron chi connectivity index (χ1n) is 7.31. The largest absolute Gasteiger partial charge is 0.399 e. The molecule has 1 heterocycles. The molecule has 0 spiro atoms. The van der Waals surface area contributed by atoms with Gasteiger partial charge in [-0.15, -0.1) is 0 Å². The van der Waals surface area contributed by atoms with Crippen molar-refractivity contribution in [2.45, 2.75) is 17.4 Å². The second-order valence-corrected chi connectivity index (χ2v) is 7.24. The molecule has 1 fully saturated rings. The topological polar surface area (TPSA) is 107 Å².